The van der Waals surface area contributed by atoms with Crippen molar-refractivity contribution < 1.29 is 23.8 Å². The van der Waals surface area contributed by atoms with E-state index in [4.69, 9.17) is 14.2 Å². The summed E-state index contributed by atoms with van der Waals surface area (Å²) in [4.78, 5) is 25.3. The molecule has 3 rings (SSSR count). The molecule has 7 nitrogen and oxygen atoms in total. The van der Waals surface area contributed by atoms with Crippen LogP contribution in [0.25, 0.3) is 0 Å². The summed E-state index contributed by atoms with van der Waals surface area (Å²) >= 11 is 0. The Hall–Kier alpha value is -3.22. The molecule has 30 heavy (non-hydrogen) atoms. The molecular formula is C23H28N2O5. The van der Waals surface area contributed by atoms with E-state index in [1.165, 1.54) is 26.9 Å². The average molecular weight is 412 g/mol. The van der Waals surface area contributed by atoms with Crippen molar-refractivity contribution >= 4 is 11.8 Å². The van der Waals surface area contributed by atoms with Crippen molar-refractivity contribution in [2.24, 2.45) is 0 Å². The highest BCUT2D eigenvalue weighted by atomic mass is 16.5. The van der Waals surface area contributed by atoms with Crippen LogP contribution in [0.3, 0.4) is 0 Å². The Kier molecular flexibility index (Phi) is 6.50. The lowest BCUT2D eigenvalue weighted by atomic mass is 9.96. The largest absolute Gasteiger partial charge is 0.493 e. The topological polar surface area (TPSA) is 85.9 Å². The van der Waals surface area contributed by atoms with Gasteiger partial charge in [0.05, 0.1) is 21.3 Å². The summed E-state index contributed by atoms with van der Waals surface area (Å²) in [6.07, 6.45) is 2.09. The summed E-state index contributed by atoms with van der Waals surface area (Å²) in [6, 6.07) is 12.6. The number of nitrogens with one attached hydrogen (secondary N) is 2. The van der Waals surface area contributed by atoms with Crippen molar-refractivity contribution in [2.45, 2.75) is 31.2 Å². The van der Waals surface area contributed by atoms with E-state index in [0.717, 1.165) is 12.8 Å². The molecule has 0 aliphatic heterocycles. The van der Waals surface area contributed by atoms with E-state index < -0.39 is 11.9 Å². The lowest BCUT2D eigenvalue weighted by Crippen LogP contribution is -2.46. The van der Waals surface area contributed by atoms with Gasteiger partial charge in [-0.05, 0) is 37.5 Å². The third-order valence-electron chi connectivity index (χ3n) is 5.51. The Morgan fingerprint density at radius 2 is 1.60 bits per heavy atom. The summed E-state index contributed by atoms with van der Waals surface area (Å²) in [5, 5.41) is 5.71. The maximum absolute atomic E-state index is 12.7. The van der Waals surface area contributed by atoms with E-state index in [2.05, 4.69) is 22.8 Å². The van der Waals surface area contributed by atoms with Crippen LogP contribution >= 0.6 is 0 Å². The third-order valence-corrected chi connectivity index (χ3v) is 5.51. The standard InChI is InChI=1S/C23H28N2O5/c1-15(21(26)24-14-23(10-11-23)17-8-6-5-7-9-17)25-22(27)16-12-18(28-2)20(30-4)19(13-16)29-3/h5-9,12-13,15H,10-11,14H2,1-4H3,(H,24,26)(H,25,27)/t15-/m1/s1. The predicted octanol–water partition coefficient (Wildman–Crippen LogP) is 2.68. The molecule has 0 heterocycles. The molecule has 2 aromatic carbocycles. The molecule has 0 aromatic heterocycles. The third kappa shape index (κ3) is 4.50. The molecule has 7 heteroatoms. The van der Waals surface area contributed by atoms with Crippen LogP contribution in [-0.4, -0.2) is 45.7 Å². The summed E-state index contributed by atoms with van der Waals surface area (Å²) in [7, 11) is 4.46. The minimum Gasteiger partial charge on any atom is -0.493 e. The molecule has 2 aromatic rings. The Bertz CT molecular complexity index is 884. The second kappa shape index (κ2) is 9.07. The highest BCUT2D eigenvalue weighted by Gasteiger charge is 2.44. The first kappa shape index (κ1) is 21.5. The van der Waals surface area contributed by atoms with Gasteiger partial charge in [0, 0.05) is 17.5 Å². The zero-order valence-corrected chi connectivity index (χ0v) is 17.8. The molecular weight excluding hydrogens is 384 g/mol. The van der Waals surface area contributed by atoms with Crippen LogP contribution in [-0.2, 0) is 10.2 Å². The fraction of sp³-hybridized carbons (Fsp3) is 0.391. The number of ether oxygens (including phenoxy) is 3. The van der Waals surface area contributed by atoms with E-state index >= 15 is 0 Å². The molecule has 160 valence electrons. The first-order valence-electron chi connectivity index (χ1n) is 9.88. The summed E-state index contributed by atoms with van der Waals surface area (Å²) in [5.74, 6) is 0.521. The lowest BCUT2D eigenvalue weighted by Gasteiger charge is -2.20. The molecule has 1 aliphatic carbocycles. The van der Waals surface area contributed by atoms with Crippen LogP contribution < -0.4 is 24.8 Å². The molecule has 0 radical (unpaired) electrons. The molecule has 1 atom stereocenters. The van der Waals surface area contributed by atoms with Gasteiger partial charge in [-0.1, -0.05) is 30.3 Å². The Labute approximate surface area is 176 Å². The second-order valence-electron chi connectivity index (χ2n) is 7.47. The minimum absolute atomic E-state index is 0.0113. The normalized spacial score (nSPS) is 14.9. The Balaban J connectivity index is 1.62. The number of rotatable bonds is 9. The van der Waals surface area contributed by atoms with E-state index in [0.29, 0.717) is 29.4 Å². The van der Waals surface area contributed by atoms with Gasteiger partial charge in [-0.25, -0.2) is 0 Å². The van der Waals surface area contributed by atoms with Gasteiger partial charge in [0.15, 0.2) is 11.5 Å². The monoisotopic (exact) mass is 412 g/mol. The quantitative estimate of drug-likeness (QED) is 0.661. The smallest absolute Gasteiger partial charge is 0.252 e. The van der Waals surface area contributed by atoms with Crippen LogP contribution in [0, 0.1) is 0 Å². The molecule has 2 N–H and O–H groups in total. The van der Waals surface area contributed by atoms with Crippen molar-refractivity contribution in [2.75, 3.05) is 27.9 Å². The molecule has 0 saturated heterocycles. The van der Waals surface area contributed by atoms with Gasteiger partial charge in [-0.15, -0.1) is 0 Å². The van der Waals surface area contributed by atoms with Crippen LogP contribution in [0.1, 0.15) is 35.7 Å². The van der Waals surface area contributed by atoms with E-state index in [9.17, 15) is 9.59 Å². The summed E-state index contributed by atoms with van der Waals surface area (Å²) < 4.78 is 15.8. The molecule has 1 fully saturated rings. The fourth-order valence-electron chi connectivity index (χ4n) is 3.48. The number of hydrogen-bond acceptors (Lipinski definition) is 5. The molecule has 0 bridgehead atoms. The highest BCUT2D eigenvalue weighted by molar-refractivity contribution is 5.98. The van der Waals surface area contributed by atoms with Gasteiger partial charge in [-0.2, -0.15) is 0 Å². The first-order valence-corrected chi connectivity index (χ1v) is 9.88. The fourth-order valence-corrected chi connectivity index (χ4v) is 3.48. The minimum atomic E-state index is -0.692. The predicted molar refractivity (Wildman–Crippen MR) is 113 cm³/mol. The van der Waals surface area contributed by atoms with Gasteiger partial charge in [0.1, 0.15) is 6.04 Å². The maximum Gasteiger partial charge on any atom is 0.252 e. The Morgan fingerprint density at radius 1 is 1.00 bits per heavy atom. The van der Waals surface area contributed by atoms with E-state index in [1.807, 2.05) is 18.2 Å². The van der Waals surface area contributed by atoms with Gasteiger partial charge >= 0.3 is 0 Å². The summed E-state index contributed by atoms with van der Waals surface area (Å²) in [5.41, 5.74) is 1.56. The number of amides is 2. The SMILES string of the molecule is COc1cc(C(=O)N[C@H](C)C(=O)NCC2(c3ccccc3)CC2)cc(OC)c1OC. The van der Waals surface area contributed by atoms with E-state index in [-0.39, 0.29) is 11.3 Å². The van der Waals surface area contributed by atoms with Crippen molar-refractivity contribution in [3.8, 4) is 17.2 Å². The number of methoxy groups -OCH3 is 3. The zero-order valence-electron chi connectivity index (χ0n) is 17.8. The van der Waals surface area contributed by atoms with Crippen molar-refractivity contribution in [3.05, 3.63) is 53.6 Å². The van der Waals surface area contributed by atoms with Crippen LogP contribution in [0.5, 0.6) is 17.2 Å². The molecule has 2 amide bonds. The van der Waals surface area contributed by atoms with Crippen LogP contribution in [0.4, 0.5) is 0 Å². The molecule has 0 unspecified atom stereocenters. The molecule has 0 spiro atoms. The van der Waals surface area contributed by atoms with Gasteiger partial charge < -0.3 is 24.8 Å². The first-order chi connectivity index (χ1) is 14.4. The number of hydrogen-bond donors (Lipinski definition) is 2. The van der Waals surface area contributed by atoms with Crippen molar-refractivity contribution in [1.29, 1.82) is 0 Å². The van der Waals surface area contributed by atoms with Gasteiger partial charge in [-0.3, -0.25) is 9.59 Å². The maximum atomic E-state index is 12.7. The van der Waals surface area contributed by atoms with E-state index in [1.54, 1.807) is 19.1 Å². The molecule has 1 saturated carbocycles. The number of carbonyl (C=O) groups excluding carboxylic acids is 2. The second-order valence-corrected chi connectivity index (χ2v) is 7.47. The highest BCUT2D eigenvalue weighted by Crippen LogP contribution is 2.47. The average Bonchev–Trinajstić information content (AvgIpc) is 3.58. The Morgan fingerprint density at radius 3 is 2.10 bits per heavy atom. The van der Waals surface area contributed by atoms with Gasteiger partial charge in [0.2, 0.25) is 11.7 Å². The summed E-state index contributed by atoms with van der Waals surface area (Å²) in [6.45, 7) is 2.22. The number of benzene rings is 2. The molecule has 1 aliphatic rings. The van der Waals surface area contributed by atoms with Crippen LogP contribution in [0.15, 0.2) is 42.5 Å². The van der Waals surface area contributed by atoms with Gasteiger partial charge in [0.25, 0.3) is 5.91 Å². The van der Waals surface area contributed by atoms with Crippen molar-refractivity contribution in [3.63, 3.8) is 0 Å². The van der Waals surface area contributed by atoms with Crippen molar-refractivity contribution in [1.82, 2.24) is 10.6 Å². The zero-order chi connectivity index (χ0) is 21.7. The van der Waals surface area contributed by atoms with Crippen LogP contribution in [0.2, 0.25) is 0 Å². The lowest BCUT2D eigenvalue weighted by molar-refractivity contribution is -0.122. The number of carbonyl (C=O) groups is 2.